The van der Waals surface area contributed by atoms with Crippen molar-refractivity contribution in [2.24, 2.45) is 11.7 Å². The van der Waals surface area contributed by atoms with Gasteiger partial charge in [-0.15, -0.1) is 0 Å². The molecule has 2 N–H and O–H groups in total. The van der Waals surface area contributed by atoms with Crippen molar-refractivity contribution in [2.75, 3.05) is 19.6 Å². The van der Waals surface area contributed by atoms with Crippen molar-refractivity contribution < 1.29 is 4.79 Å². The Labute approximate surface area is 116 Å². The molecule has 1 aliphatic carbocycles. The van der Waals surface area contributed by atoms with Gasteiger partial charge in [0.1, 0.15) is 0 Å². The molecule has 4 heteroatoms. The molecule has 0 aromatic rings. The fourth-order valence-corrected chi connectivity index (χ4v) is 4.10. The van der Waals surface area contributed by atoms with Gasteiger partial charge in [0, 0.05) is 37.1 Å². The SMILES string of the molecule is CC1CN2CCCC2CN1C(=O)C1CCC(N)CC1. The lowest BCUT2D eigenvalue weighted by atomic mass is 9.85. The van der Waals surface area contributed by atoms with E-state index in [1.807, 2.05) is 0 Å². The third-order valence-electron chi connectivity index (χ3n) is 5.34. The minimum absolute atomic E-state index is 0.246. The van der Waals surface area contributed by atoms with Crippen molar-refractivity contribution in [2.45, 2.75) is 63.6 Å². The summed E-state index contributed by atoms with van der Waals surface area (Å²) in [5.74, 6) is 0.654. The Morgan fingerprint density at radius 3 is 2.58 bits per heavy atom. The van der Waals surface area contributed by atoms with E-state index in [1.165, 1.54) is 19.4 Å². The van der Waals surface area contributed by atoms with Gasteiger partial charge in [-0.2, -0.15) is 0 Å². The maximum atomic E-state index is 12.7. The molecule has 1 saturated carbocycles. The average Bonchev–Trinajstić information content (AvgIpc) is 2.85. The van der Waals surface area contributed by atoms with Gasteiger partial charge >= 0.3 is 0 Å². The van der Waals surface area contributed by atoms with Crippen molar-refractivity contribution in [3.05, 3.63) is 0 Å². The summed E-state index contributed by atoms with van der Waals surface area (Å²) in [6, 6.07) is 1.34. The van der Waals surface area contributed by atoms with Crippen LogP contribution in [0.15, 0.2) is 0 Å². The van der Waals surface area contributed by atoms with Gasteiger partial charge in [0.25, 0.3) is 0 Å². The Morgan fingerprint density at radius 2 is 1.84 bits per heavy atom. The molecule has 3 fully saturated rings. The third kappa shape index (κ3) is 2.65. The van der Waals surface area contributed by atoms with Crippen molar-refractivity contribution in [3.8, 4) is 0 Å². The predicted octanol–water partition coefficient (Wildman–Crippen LogP) is 1.20. The lowest BCUT2D eigenvalue weighted by molar-refractivity contribution is -0.142. The smallest absolute Gasteiger partial charge is 0.226 e. The zero-order valence-corrected chi connectivity index (χ0v) is 12.1. The average molecular weight is 265 g/mol. The first kappa shape index (κ1) is 13.4. The van der Waals surface area contributed by atoms with Crippen LogP contribution in [0.4, 0.5) is 0 Å². The third-order valence-corrected chi connectivity index (χ3v) is 5.34. The van der Waals surface area contributed by atoms with Crippen LogP contribution in [0, 0.1) is 5.92 Å². The van der Waals surface area contributed by atoms with Crippen molar-refractivity contribution in [1.29, 1.82) is 0 Å². The Hall–Kier alpha value is -0.610. The van der Waals surface area contributed by atoms with E-state index in [4.69, 9.17) is 5.73 Å². The minimum atomic E-state index is 0.246. The quantitative estimate of drug-likeness (QED) is 0.775. The molecule has 4 nitrogen and oxygen atoms in total. The molecule has 0 bridgehead atoms. The van der Waals surface area contributed by atoms with Gasteiger partial charge in [-0.25, -0.2) is 0 Å². The van der Waals surface area contributed by atoms with E-state index in [2.05, 4.69) is 16.7 Å². The highest BCUT2D eigenvalue weighted by atomic mass is 16.2. The molecular formula is C15H27N3O. The normalized spacial score (nSPS) is 40.2. The first-order valence-corrected chi connectivity index (χ1v) is 7.95. The van der Waals surface area contributed by atoms with Crippen molar-refractivity contribution in [1.82, 2.24) is 9.80 Å². The summed E-state index contributed by atoms with van der Waals surface area (Å²) >= 11 is 0. The Bertz CT molecular complexity index is 338. The summed E-state index contributed by atoms with van der Waals surface area (Å²) in [6.45, 7) is 5.47. The van der Waals surface area contributed by atoms with E-state index in [-0.39, 0.29) is 5.92 Å². The lowest BCUT2D eigenvalue weighted by Gasteiger charge is -2.44. The zero-order chi connectivity index (χ0) is 13.4. The van der Waals surface area contributed by atoms with Crippen molar-refractivity contribution in [3.63, 3.8) is 0 Å². The molecular weight excluding hydrogens is 238 g/mol. The van der Waals surface area contributed by atoms with Crippen molar-refractivity contribution >= 4 is 5.91 Å². The Kier molecular flexibility index (Phi) is 3.81. The molecule has 2 unspecified atom stereocenters. The van der Waals surface area contributed by atoms with Gasteiger partial charge in [0.15, 0.2) is 0 Å². The fourth-order valence-electron chi connectivity index (χ4n) is 4.10. The monoisotopic (exact) mass is 265 g/mol. The molecule has 2 heterocycles. The highest BCUT2D eigenvalue weighted by Gasteiger charge is 2.38. The standard InChI is InChI=1S/C15H27N3O/c1-11-9-17-8-2-3-14(17)10-18(11)15(19)12-4-6-13(16)7-5-12/h11-14H,2-10,16H2,1H3. The van der Waals surface area contributed by atoms with E-state index in [0.29, 0.717) is 24.0 Å². The summed E-state index contributed by atoms with van der Waals surface area (Å²) in [5, 5.41) is 0. The van der Waals surface area contributed by atoms with Gasteiger partial charge in [0.05, 0.1) is 0 Å². The van der Waals surface area contributed by atoms with Crippen LogP contribution in [-0.4, -0.2) is 53.5 Å². The molecule has 108 valence electrons. The van der Waals surface area contributed by atoms with Gasteiger partial charge in [0.2, 0.25) is 5.91 Å². The number of nitrogens with two attached hydrogens (primary N) is 1. The van der Waals surface area contributed by atoms with E-state index in [1.54, 1.807) is 0 Å². The van der Waals surface area contributed by atoms with E-state index >= 15 is 0 Å². The number of nitrogens with zero attached hydrogens (tertiary/aromatic N) is 2. The topological polar surface area (TPSA) is 49.6 Å². The second kappa shape index (κ2) is 5.41. The summed E-state index contributed by atoms with van der Waals surface area (Å²) in [6.07, 6.45) is 6.61. The predicted molar refractivity (Wildman–Crippen MR) is 75.7 cm³/mol. The number of hydrogen-bond donors (Lipinski definition) is 1. The molecule has 1 amide bonds. The Morgan fingerprint density at radius 1 is 1.11 bits per heavy atom. The van der Waals surface area contributed by atoms with Crippen LogP contribution in [-0.2, 0) is 4.79 Å². The molecule has 3 aliphatic rings. The first-order chi connectivity index (χ1) is 9.15. The Balaban J connectivity index is 1.62. The van der Waals surface area contributed by atoms with Crippen LogP contribution in [0.1, 0.15) is 45.4 Å². The number of fused-ring (bicyclic) bond motifs is 1. The fraction of sp³-hybridized carbons (Fsp3) is 0.933. The molecule has 19 heavy (non-hydrogen) atoms. The van der Waals surface area contributed by atoms with Crippen LogP contribution < -0.4 is 5.73 Å². The molecule has 2 atom stereocenters. The molecule has 0 spiro atoms. The summed E-state index contributed by atoms with van der Waals surface area (Å²) in [7, 11) is 0. The van der Waals surface area contributed by atoms with Crippen LogP contribution in [0.2, 0.25) is 0 Å². The number of carbonyl (C=O) groups is 1. The van der Waals surface area contributed by atoms with Crippen LogP contribution in [0.3, 0.4) is 0 Å². The number of amides is 1. The van der Waals surface area contributed by atoms with Gasteiger partial charge in [-0.3, -0.25) is 9.69 Å². The number of hydrogen-bond acceptors (Lipinski definition) is 3. The molecule has 3 rings (SSSR count). The minimum Gasteiger partial charge on any atom is -0.337 e. The van der Waals surface area contributed by atoms with Crippen LogP contribution >= 0.6 is 0 Å². The van der Waals surface area contributed by atoms with Gasteiger partial charge < -0.3 is 10.6 Å². The maximum absolute atomic E-state index is 12.7. The summed E-state index contributed by atoms with van der Waals surface area (Å²) < 4.78 is 0. The number of carbonyl (C=O) groups excluding carboxylic acids is 1. The summed E-state index contributed by atoms with van der Waals surface area (Å²) in [5.41, 5.74) is 5.94. The van der Waals surface area contributed by atoms with Gasteiger partial charge in [-0.05, 0) is 52.0 Å². The second-order valence-electron chi connectivity index (χ2n) is 6.74. The molecule has 0 radical (unpaired) electrons. The molecule has 0 aromatic heterocycles. The van der Waals surface area contributed by atoms with Crippen LogP contribution in [0.5, 0.6) is 0 Å². The molecule has 2 aliphatic heterocycles. The zero-order valence-electron chi connectivity index (χ0n) is 12.1. The second-order valence-corrected chi connectivity index (χ2v) is 6.74. The van der Waals surface area contributed by atoms with E-state index < -0.39 is 0 Å². The van der Waals surface area contributed by atoms with E-state index in [9.17, 15) is 4.79 Å². The lowest BCUT2D eigenvalue weighted by Crippen LogP contribution is -2.58. The molecule has 2 saturated heterocycles. The number of piperazine rings is 1. The summed E-state index contributed by atoms with van der Waals surface area (Å²) in [4.78, 5) is 17.5. The largest absolute Gasteiger partial charge is 0.337 e. The highest BCUT2D eigenvalue weighted by molar-refractivity contribution is 5.79. The van der Waals surface area contributed by atoms with E-state index in [0.717, 1.165) is 38.8 Å². The number of rotatable bonds is 1. The van der Waals surface area contributed by atoms with Gasteiger partial charge in [-0.1, -0.05) is 0 Å². The van der Waals surface area contributed by atoms with Crippen LogP contribution in [0.25, 0.3) is 0 Å². The first-order valence-electron chi connectivity index (χ1n) is 7.95. The highest BCUT2D eigenvalue weighted by Crippen LogP contribution is 2.29. The molecule has 0 aromatic carbocycles. The maximum Gasteiger partial charge on any atom is 0.226 e.